The molecule has 0 N–H and O–H groups in total. The van der Waals surface area contributed by atoms with Crippen LogP contribution in [0.2, 0.25) is 0 Å². The van der Waals surface area contributed by atoms with E-state index in [4.69, 9.17) is 9.47 Å². The molecule has 1 aromatic heterocycles. The van der Waals surface area contributed by atoms with Crippen molar-refractivity contribution in [2.24, 2.45) is 0 Å². The molecule has 2 aliphatic rings. The highest BCUT2D eigenvalue weighted by Crippen LogP contribution is 2.43. The van der Waals surface area contributed by atoms with Crippen molar-refractivity contribution in [3.05, 3.63) is 48.5 Å². The fourth-order valence-electron chi connectivity index (χ4n) is 4.47. The number of imidazole rings is 1. The summed E-state index contributed by atoms with van der Waals surface area (Å²) in [5.74, 6) is 0.0721. The van der Waals surface area contributed by atoms with Crippen LogP contribution in [0.1, 0.15) is 36.0 Å². The summed E-state index contributed by atoms with van der Waals surface area (Å²) in [6.45, 7) is 0.733. The van der Waals surface area contributed by atoms with Crippen LogP contribution < -0.4 is 0 Å². The minimum Gasteiger partial charge on any atom is -0.381 e. The fourth-order valence-corrected chi connectivity index (χ4v) is 4.47. The van der Waals surface area contributed by atoms with E-state index in [0.29, 0.717) is 5.56 Å². The van der Waals surface area contributed by atoms with Gasteiger partial charge in [-0.25, -0.2) is 4.98 Å². The number of fused-ring (bicyclic) bond motifs is 1. The van der Waals surface area contributed by atoms with Crippen molar-refractivity contribution in [2.75, 3.05) is 20.8 Å². The predicted octanol–water partition coefficient (Wildman–Crippen LogP) is 2.67. The van der Waals surface area contributed by atoms with Gasteiger partial charge in [0.05, 0.1) is 24.1 Å². The van der Waals surface area contributed by atoms with Gasteiger partial charge >= 0.3 is 0 Å². The minimum atomic E-state index is -0.221. The average molecular weight is 355 g/mol. The predicted molar refractivity (Wildman–Crippen MR) is 97.4 cm³/mol. The molecule has 1 saturated carbocycles. The summed E-state index contributed by atoms with van der Waals surface area (Å²) in [6, 6.07) is 7.76. The van der Waals surface area contributed by atoms with Crippen LogP contribution in [0.4, 0.5) is 0 Å². The zero-order chi connectivity index (χ0) is 18.1. The number of carbonyl (C=O) groups excluding carboxylic acids is 1. The van der Waals surface area contributed by atoms with Crippen molar-refractivity contribution in [2.45, 2.75) is 43.4 Å². The largest absolute Gasteiger partial charge is 0.381 e. The van der Waals surface area contributed by atoms with Gasteiger partial charge in [0.25, 0.3) is 5.91 Å². The lowest BCUT2D eigenvalue weighted by molar-refractivity contribution is -0.0893. The molecule has 1 aromatic carbocycles. The Kier molecular flexibility index (Phi) is 4.54. The molecule has 1 saturated heterocycles. The third-order valence-corrected chi connectivity index (χ3v) is 6.05. The van der Waals surface area contributed by atoms with Crippen molar-refractivity contribution in [3.8, 4) is 5.69 Å². The van der Waals surface area contributed by atoms with Crippen molar-refractivity contribution in [1.82, 2.24) is 14.5 Å². The highest BCUT2D eigenvalue weighted by Gasteiger charge is 2.52. The van der Waals surface area contributed by atoms with Crippen molar-refractivity contribution in [1.29, 1.82) is 0 Å². The molecule has 1 amide bonds. The first-order valence-corrected chi connectivity index (χ1v) is 9.14. The standard InChI is InChI=1S/C20H25N3O3/c1-25-17-7-8-20(26-2)9-11-23(18(20)13-17)19(24)15-3-5-16(6-4-15)22-12-10-21-14-22/h3-6,10,12,14,17-18H,7-9,11,13H2,1-2H3/t17-,18+,20-/m0/s1. The molecule has 6 nitrogen and oxygen atoms in total. The smallest absolute Gasteiger partial charge is 0.254 e. The Morgan fingerprint density at radius 2 is 2.04 bits per heavy atom. The first-order chi connectivity index (χ1) is 12.7. The average Bonchev–Trinajstić information content (AvgIpc) is 3.35. The number of aromatic nitrogens is 2. The number of ether oxygens (including phenoxy) is 2. The van der Waals surface area contributed by atoms with Gasteiger partial charge in [0.15, 0.2) is 0 Å². The lowest BCUT2D eigenvalue weighted by atomic mass is 9.79. The minimum absolute atomic E-state index is 0.0721. The SMILES string of the molecule is CO[C@H]1CC[C@]2(OC)CCN(C(=O)c3ccc(-n4ccnc4)cc3)[C@@H]2C1. The molecule has 3 atom stereocenters. The highest BCUT2D eigenvalue weighted by atomic mass is 16.5. The number of hydrogen-bond acceptors (Lipinski definition) is 4. The molecular weight excluding hydrogens is 330 g/mol. The summed E-state index contributed by atoms with van der Waals surface area (Å²) in [6.07, 6.45) is 9.22. The van der Waals surface area contributed by atoms with Gasteiger partial charge in [-0.15, -0.1) is 0 Å². The number of carbonyl (C=O) groups is 1. The zero-order valence-corrected chi connectivity index (χ0v) is 15.3. The molecule has 6 heteroatoms. The Hall–Kier alpha value is -2.18. The summed E-state index contributed by atoms with van der Waals surface area (Å²) >= 11 is 0. The lowest BCUT2D eigenvalue weighted by Gasteiger charge is -2.43. The maximum Gasteiger partial charge on any atom is 0.254 e. The number of methoxy groups -OCH3 is 2. The number of benzene rings is 1. The van der Waals surface area contributed by atoms with Crippen LogP contribution in [0.3, 0.4) is 0 Å². The second kappa shape index (κ2) is 6.85. The Labute approximate surface area is 153 Å². The summed E-state index contributed by atoms with van der Waals surface area (Å²) < 4.78 is 13.4. The Morgan fingerprint density at radius 3 is 2.69 bits per heavy atom. The van der Waals surface area contributed by atoms with Crippen LogP contribution in [0, 0.1) is 0 Å². The third-order valence-electron chi connectivity index (χ3n) is 6.05. The Morgan fingerprint density at radius 1 is 1.23 bits per heavy atom. The van der Waals surface area contributed by atoms with Crippen LogP contribution >= 0.6 is 0 Å². The van der Waals surface area contributed by atoms with Crippen LogP contribution in [-0.4, -0.2) is 58.9 Å². The van der Waals surface area contributed by atoms with Gasteiger partial charge in [0.2, 0.25) is 0 Å². The van der Waals surface area contributed by atoms with Gasteiger partial charge in [-0.2, -0.15) is 0 Å². The molecule has 4 rings (SSSR count). The van der Waals surface area contributed by atoms with Crippen LogP contribution in [-0.2, 0) is 9.47 Å². The fraction of sp³-hybridized carbons (Fsp3) is 0.500. The van der Waals surface area contributed by atoms with Gasteiger partial charge in [-0.05, 0) is 49.9 Å². The number of nitrogens with zero attached hydrogens (tertiary/aromatic N) is 3. The van der Waals surface area contributed by atoms with Crippen LogP contribution in [0.5, 0.6) is 0 Å². The van der Waals surface area contributed by atoms with E-state index < -0.39 is 0 Å². The zero-order valence-electron chi connectivity index (χ0n) is 15.3. The van der Waals surface area contributed by atoms with Gasteiger partial charge in [-0.3, -0.25) is 4.79 Å². The summed E-state index contributed by atoms with van der Waals surface area (Å²) in [7, 11) is 3.52. The summed E-state index contributed by atoms with van der Waals surface area (Å²) in [4.78, 5) is 19.2. The van der Waals surface area contributed by atoms with E-state index in [-0.39, 0.29) is 23.7 Å². The number of amides is 1. The summed E-state index contributed by atoms with van der Waals surface area (Å²) in [5.41, 5.74) is 1.48. The molecule has 0 spiro atoms. The molecule has 0 radical (unpaired) electrons. The molecule has 2 heterocycles. The molecular formula is C20H25N3O3. The highest BCUT2D eigenvalue weighted by molar-refractivity contribution is 5.95. The normalized spacial score (nSPS) is 28.2. The van der Waals surface area contributed by atoms with E-state index in [1.165, 1.54) is 0 Å². The van der Waals surface area contributed by atoms with Gasteiger partial charge in [-0.1, -0.05) is 0 Å². The molecule has 1 aliphatic heterocycles. The number of likely N-dealkylation sites (tertiary alicyclic amines) is 1. The quantitative estimate of drug-likeness (QED) is 0.846. The molecule has 0 bridgehead atoms. The Balaban J connectivity index is 1.55. The van der Waals surface area contributed by atoms with Crippen molar-refractivity contribution < 1.29 is 14.3 Å². The van der Waals surface area contributed by atoms with E-state index in [9.17, 15) is 4.79 Å². The maximum absolute atomic E-state index is 13.2. The topological polar surface area (TPSA) is 56.6 Å². The molecule has 26 heavy (non-hydrogen) atoms. The lowest BCUT2D eigenvalue weighted by Crippen LogP contribution is -2.53. The third kappa shape index (κ3) is 2.83. The first kappa shape index (κ1) is 17.2. The van der Waals surface area contributed by atoms with E-state index in [0.717, 1.165) is 37.9 Å². The molecule has 1 aliphatic carbocycles. The van der Waals surface area contributed by atoms with Crippen molar-refractivity contribution >= 4 is 5.91 Å². The van der Waals surface area contributed by atoms with Gasteiger partial charge in [0.1, 0.15) is 0 Å². The van der Waals surface area contributed by atoms with Crippen LogP contribution in [0.25, 0.3) is 5.69 Å². The molecule has 2 aromatic rings. The number of rotatable bonds is 4. The van der Waals surface area contributed by atoms with E-state index >= 15 is 0 Å². The second-order valence-corrected chi connectivity index (χ2v) is 7.18. The maximum atomic E-state index is 13.2. The van der Waals surface area contributed by atoms with Gasteiger partial charge in [0, 0.05) is 44.4 Å². The van der Waals surface area contributed by atoms with Gasteiger partial charge < -0.3 is 18.9 Å². The van der Waals surface area contributed by atoms with E-state index in [2.05, 4.69) is 4.98 Å². The van der Waals surface area contributed by atoms with Crippen LogP contribution in [0.15, 0.2) is 43.0 Å². The molecule has 138 valence electrons. The van der Waals surface area contributed by atoms with Crippen molar-refractivity contribution in [3.63, 3.8) is 0 Å². The molecule has 0 unspecified atom stereocenters. The monoisotopic (exact) mass is 355 g/mol. The van der Waals surface area contributed by atoms with E-state index in [1.54, 1.807) is 26.7 Å². The van der Waals surface area contributed by atoms with E-state index in [1.807, 2.05) is 39.9 Å². The first-order valence-electron chi connectivity index (χ1n) is 9.14. The Bertz CT molecular complexity index is 759. The second-order valence-electron chi connectivity index (χ2n) is 7.18. The number of hydrogen-bond donors (Lipinski definition) is 0. The summed E-state index contributed by atoms with van der Waals surface area (Å²) in [5, 5.41) is 0. The molecule has 2 fully saturated rings.